The topological polar surface area (TPSA) is 25.4 Å². The van der Waals surface area contributed by atoms with Gasteiger partial charge in [0.1, 0.15) is 0 Å². The molecule has 0 N–H and O–H groups in total. The van der Waals surface area contributed by atoms with Gasteiger partial charge < -0.3 is 9.64 Å². The van der Waals surface area contributed by atoms with Gasteiger partial charge in [0, 0.05) is 18.1 Å². The summed E-state index contributed by atoms with van der Waals surface area (Å²) in [7, 11) is 0. The first-order valence-corrected chi connectivity index (χ1v) is 6.49. The van der Waals surface area contributed by atoms with E-state index < -0.39 is 0 Å². The molecule has 0 radical (unpaired) electrons. The summed E-state index contributed by atoms with van der Waals surface area (Å²) < 4.78 is 5.97. The normalized spacial score (nSPS) is 12.3. The number of aromatic nitrogens is 1. The first kappa shape index (κ1) is 11.1. The summed E-state index contributed by atoms with van der Waals surface area (Å²) >= 11 is 0. The summed E-state index contributed by atoms with van der Waals surface area (Å²) in [6, 6.07) is 20.1. The molecule has 1 aliphatic heterocycles. The fourth-order valence-corrected chi connectivity index (χ4v) is 2.48. The molecule has 2 heterocycles. The van der Waals surface area contributed by atoms with Crippen molar-refractivity contribution in [2.24, 2.45) is 0 Å². The summed E-state index contributed by atoms with van der Waals surface area (Å²) in [5.41, 5.74) is 3.15. The van der Waals surface area contributed by atoms with Crippen molar-refractivity contribution in [1.29, 1.82) is 0 Å². The lowest BCUT2D eigenvalue weighted by Crippen LogP contribution is -2.15. The molecule has 3 nitrogen and oxygen atoms in total. The quantitative estimate of drug-likeness (QED) is 0.498. The lowest BCUT2D eigenvalue weighted by molar-refractivity contribution is 0.477. The lowest BCUT2D eigenvalue weighted by Gasteiger charge is -2.32. The van der Waals surface area contributed by atoms with Crippen molar-refractivity contribution in [2.45, 2.75) is 0 Å². The first-order valence-electron chi connectivity index (χ1n) is 6.49. The molecular formula is C17H12N2O. The van der Waals surface area contributed by atoms with Gasteiger partial charge in [0.15, 0.2) is 11.5 Å². The van der Waals surface area contributed by atoms with E-state index in [9.17, 15) is 0 Å². The summed E-state index contributed by atoms with van der Waals surface area (Å²) in [4.78, 5) is 6.28. The lowest BCUT2D eigenvalue weighted by atomic mass is 10.1. The molecule has 2 aromatic carbocycles. The molecule has 0 fully saturated rings. The molecule has 0 atom stereocenters. The average Bonchev–Trinajstić information content (AvgIpc) is 2.53. The molecule has 3 aromatic rings. The number of hydrogen-bond donors (Lipinski definition) is 0. The summed E-state index contributed by atoms with van der Waals surface area (Å²) in [5, 5.41) is 0. The molecule has 1 aliphatic rings. The van der Waals surface area contributed by atoms with Crippen LogP contribution in [0.1, 0.15) is 0 Å². The van der Waals surface area contributed by atoms with Gasteiger partial charge >= 0.3 is 0 Å². The molecule has 20 heavy (non-hydrogen) atoms. The highest BCUT2D eigenvalue weighted by molar-refractivity contribution is 5.85. The Morgan fingerprint density at radius 2 is 1.25 bits per heavy atom. The molecule has 0 saturated heterocycles. The van der Waals surface area contributed by atoms with Crippen molar-refractivity contribution in [3.63, 3.8) is 0 Å². The van der Waals surface area contributed by atoms with Crippen molar-refractivity contribution in [2.75, 3.05) is 4.90 Å². The number of nitrogens with zero attached hydrogens (tertiary/aromatic N) is 2. The molecule has 96 valence electrons. The second-order valence-corrected chi connectivity index (χ2v) is 4.58. The molecule has 0 bridgehead atoms. The Kier molecular flexibility index (Phi) is 2.42. The van der Waals surface area contributed by atoms with Crippen molar-refractivity contribution < 1.29 is 4.74 Å². The summed E-state index contributed by atoms with van der Waals surface area (Å²) in [5.74, 6) is 1.73. The Balaban J connectivity index is 1.98. The van der Waals surface area contributed by atoms with E-state index in [-0.39, 0.29) is 0 Å². The van der Waals surface area contributed by atoms with E-state index in [1.165, 1.54) is 0 Å². The smallest absolute Gasteiger partial charge is 0.151 e. The molecule has 0 amide bonds. The predicted octanol–water partition coefficient (Wildman–Crippen LogP) is 4.66. The Morgan fingerprint density at radius 1 is 0.700 bits per heavy atom. The van der Waals surface area contributed by atoms with Gasteiger partial charge in [-0.1, -0.05) is 24.3 Å². The number of para-hydroxylation sites is 4. The fraction of sp³-hybridized carbons (Fsp3) is 0. The molecule has 3 heteroatoms. The van der Waals surface area contributed by atoms with Gasteiger partial charge in [0.25, 0.3) is 0 Å². The summed E-state index contributed by atoms with van der Waals surface area (Å²) in [6.45, 7) is 0. The Morgan fingerprint density at radius 3 is 1.85 bits per heavy atom. The third-order valence-electron chi connectivity index (χ3n) is 3.35. The first-order chi connectivity index (χ1) is 9.93. The van der Waals surface area contributed by atoms with Crippen molar-refractivity contribution in [3.8, 4) is 11.5 Å². The molecule has 1 aromatic heterocycles. The van der Waals surface area contributed by atoms with Crippen LogP contribution in [-0.4, -0.2) is 4.98 Å². The molecule has 0 unspecified atom stereocenters. The van der Waals surface area contributed by atoms with Crippen LogP contribution in [0.15, 0.2) is 73.1 Å². The minimum atomic E-state index is 0.864. The molecular weight excluding hydrogens is 248 g/mol. The van der Waals surface area contributed by atoms with Crippen LogP contribution in [0.2, 0.25) is 0 Å². The number of anilines is 3. The number of pyridine rings is 1. The fourth-order valence-electron chi connectivity index (χ4n) is 2.48. The highest BCUT2D eigenvalue weighted by Crippen LogP contribution is 2.49. The van der Waals surface area contributed by atoms with Gasteiger partial charge in [-0.2, -0.15) is 0 Å². The van der Waals surface area contributed by atoms with Crippen molar-refractivity contribution in [3.05, 3.63) is 73.1 Å². The maximum atomic E-state index is 5.97. The van der Waals surface area contributed by atoms with Crippen molar-refractivity contribution in [1.82, 2.24) is 4.98 Å². The van der Waals surface area contributed by atoms with E-state index in [4.69, 9.17) is 4.74 Å². The number of benzene rings is 2. The standard InChI is InChI=1S/C17H12N2O/c1-3-7-16-14(5-1)19(13-9-11-18-12-10-13)15-6-2-4-8-17(15)20-16/h1-12H. The number of ether oxygens (including phenoxy) is 1. The second kappa shape index (κ2) is 4.38. The van der Waals surface area contributed by atoms with E-state index in [0.29, 0.717) is 0 Å². The number of fused-ring (bicyclic) bond motifs is 2. The summed E-state index contributed by atoms with van der Waals surface area (Å²) in [6.07, 6.45) is 3.60. The average molecular weight is 260 g/mol. The van der Waals surface area contributed by atoms with E-state index in [1.807, 2.05) is 48.5 Å². The van der Waals surface area contributed by atoms with Gasteiger partial charge in [-0.05, 0) is 36.4 Å². The van der Waals surface area contributed by atoms with Gasteiger partial charge in [-0.25, -0.2) is 0 Å². The third-order valence-corrected chi connectivity index (χ3v) is 3.35. The van der Waals surface area contributed by atoms with Gasteiger partial charge in [-0.3, -0.25) is 4.98 Å². The van der Waals surface area contributed by atoms with Crippen molar-refractivity contribution >= 4 is 17.1 Å². The zero-order valence-corrected chi connectivity index (χ0v) is 10.7. The minimum absolute atomic E-state index is 0.864. The monoisotopic (exact) mass is 260 g/mol. The van der Waals surface area contributed by atoms with Crippen LogP contribution >= 0.6 is 0 Å². The minimum Gasteiger partial charge on any atom is -0.453 e. The second-order valence-electron chi connectivity index (χ2n) is 4.58. The van der Waals surface area contributed by atoms with Crippen LogP contribution < -0.4 is 9.64 Å². The highest BCUT2D eigenvalue weighted by atomic mass is 16.5. The van der Waals surface area contributed by atoms with Crippen LogP contribution in [0, 0.1) is 0 Å². The zero-order valence-electron chi connectivity index (χ0n) is 10.7. The number of hydrogen-bond acceptors (Lipinski definition) is 3. The van der Waals surface area contributed by atoms with Crippen LogP contribution in [0.25, 0.3) is 0 Å². The van der Waals surface area contributed by atoms with Gasteiger partial charge in [0.05, 0.1) is 11.4 Å². The predicted molar refractivity (Wildman–Crippen MR) is 79.0 cm³/mol. The van der Waals surface area contributed by atoms with Crippen LogP contribution in [-0.2, 0) is 0 Å². The maximum Gasteiger partial charge on any atom is 0.151 e. The Hall–Kier alpha value is -2.81. The van der Waals surface area contributed by atoms with Crippen LogP contribution in [0.4, 0.5) is 17.1 Å². The highest BCUT2D eigenvalue weighted by Gasteiger charge is 2.24. The largest absolute Gasteiger partial charge is 0.453 e. The third kappa shape index (κ3) is 1.64. The van der Waals surface area contributed by atoms with Gasteiger partial charge in [0.2, 0.25) is 0 Å². The van der Waals surface area contributed by atoms with Gasteiger partial charge in [-0.15, -0.1) is 0 Å². The maximum absolute atomic E-state index is 5.97. The zero-order chi connectivity index (χ0) is 13.4. The van der Waals surface area contributed by atoms with Crippen LogP contribution in [0.5, 0.6) is 11.5 Å². The Bertz CT molecular complexity index is 710. The Labute approximate surface area is 117 Å². The van der Waals surface area contributed by atoms with E-state index in [2.05, 4.69) is 22.0 Å². The SMILES string of the molecule is c1ccc2c(c1)Oc1ccccc1N2c1ccncc1. The molecule has 0 saturated carbocycles. The van der Waals surface area contributed by atoms with Crippen LogP contribution in [0.3, 0.4) is 0 Å². The van der Waals surface area contributed by atoms with E-state index >= 15 is 0 Å². The van der Waals surface area contributed by atoms with E-state index in [0.717, 1.165) is 28.6 Å². The number of rotatable bonds is 1. The molecule has 4 rings (SSSR count). The molecule has 0 aliphatic carbocycles. The van der Waals surface area contributed by atoms with E-state index in [1.54, 1.807) is 12.4 Å². The molecule has 0 spiro atoms.